The molecule has 0 aliphatic rings. The predicted molar refractivity (Wildman–Crippen MR) is 199 cm³/mol. The van der Waals surface area contributed by atoms with Gasteiger partial charge in [-0.1, -0.05) is 67.2 Å². The first-order valence-corrected chi connectivity index (χ1v) is 17.7. The zero-order chi connectivity index (χ0) is 39.1. The number of carboxylic acids is 2. The second-order valence-corrected chi connectivity index (χ2v) is 14.0. The molecule has 5 N–H and O–H groups in total. The van der Waals surface area contributed by atoms with Crippen LogP contribution in [-0.4, -0.2) is 77.0 Å². The molecule has 15 heteroatoms. The van der Waals surface area contributed by atoms with Crippen LogP contribution in [0.3, 0.4) is 0 Å². The number of amides is 3. The van der Waals surface area contributed by atoms with Crippen LogP contribution in [0.5, 0.6) is 11.5 Å². The van der Waals surface area contributed by atoms with E-state index in [4.69, 9.17) is 47.6 Å². The lowest BCUT2D eigenvalue weighted by Gasteiger charge is -2.25. The maximum absolute atomic E-state index is 13.8. The Bertz CT molecular complexity index is 1700. The molecular weight excluding hydrogens is 729 g/mol. The van der Waals surface area contributed by atoms with E-state index in [1.165, 1.54) is 24.3 Å². The molecular formula is C38H45Cl2N3O10. The van der Waals surface area contributed by atoms with Gasteiger partial charge in [-0.05, 0) is 92.8 Å². The summed E-state index contributed by atoms with van der Waals surface area (Å²) in [7, 11) is 0. The minimum Gasteiger partial charge on any atom is -0.491 e. The number of rotatable bonds is 19. The first kappa shape index (κ1) is 42.4. The zero-order valence-corrected chi connectivity index (χ0v) is 31.5. The fourth-order valence-corrected chi connectivity index (χ4v) is 5.27. The van der Waals surface area contributed by atoms with Crippen LogP contribution in [0.15, 0.2) is 66.7 Å². The van der Waals surface area contributed by atoms with Crippen LogP contribution in [-0.2, 0) is 36.8 Å². The molecule has 0 bridgehead atoms. The minimum absolute atomic E-state index is 0.00889. The number of aliphatic carboxylic acids is 2. The molecule has 0 saturated carbocycles. The number of benzene rings is 3. The molecule has 1 unspecified atom stereocenters. The van der Waals surface area contributed by atoms with Crippen LogP contribution in [0.4, 0.5) is 4.79 Å². The Morgan fingerprint density at radius 2 is 1.40 bits per heavy atom. The van der Waals surface area contributed by atoms with Crippen molar-refractivity contribution in [2.75, 3.05) is 13.2 Å². The van der Waals surface area contributed by atoms with E-state index in [1.54, 1.807) is 51.1 Å². The second-order valence-electron chi connectivity index (χ2n) is 13.1. The summed E-state index contributed by atoms with van der Waals surface area (Å²) in [6.07, 6.45) is 0.0907. The van der Waals surface area contributed by atoms with Crippen molar-refractivity contribution in [3.8, 4) is 11.5 Å². The number of halogens is 2. The maximum atomic E-state index is 13.8. The van der Waals surface area contributed by atoms with E-state index in [-0.39, 0.29) is 18.8 Å². The third kappa shape index (κ3) is 14.9. The van der Waals surface area contributed by atoms with E-state index in [2.05, 4.69) is 16.0 Å². The van der Waals surface area contributed by atoms with Crippen molar-refractivity contribution in [2.24, 2.45) is 0 Å². The summed E-state index contributed by atoms with van der Waals surface area (Å²) in [6, 6.07) is 15.7. The van der Waals surface area contributed by atoms with Crippen molar-refractivity contribution in [1.82, 2.24) is 16.0 Å². The lowest BCUT2D eigenvalue weighted by molar-refractivity contribution is -0.159. The molecule has 0 fully saturated rings. The quantitative estimate of drug-likeness (QED) is 0.0735. The Kier molecular flexibility index (Phi) is 16.2. The van der Waals surface area contributed by atoms with E-state index in [0.29, 0.717) is 34.3 Å². The normalized spacial score (nSPS) is 12.3. The van der Waals surface area contributed by atoms with E-state index >= 15 is 0 Å². The highest BCUT2D eigenvalue weighted by molar-refractivity contribution is 6.33. The van der Waals surface area contributed by atoms with Gasteiger partial charge in [0, 0.05) is 23.0 Å². The van der Waals surface area contributed by atoms with E-state index in [9.17, 15) is 24.0 Å². The van der Waals surface area contributed by atoms with Gasteiger partial charge in [-0.3, -0.25) is 9.59 Å². The van der Waals surface area contributed by atoms with Crippen LogP contribution < -0.4 is 25.4 Å². The topological polar surface area (TPSA) is 190 Å². The van der Waals surface area contributed by atoms with Gasteiger partial charge in [-0.15, -0.1) is 0 Å². The highest BCUT2D eigenvalue weighted by Crippen LogP contribution is 2.24. The minimum atomic E-state index is -2.11. The molecule has 0 heterocycles. The average molecular weight is 775 g/mol. The number of ether oxygens (including phenoxy) is 3. The highest BCUT2D eigenvalue weighted by atomic mass is 35.5. The van der Waals surface area contributed by atoms with Crippen molar-refractivity contribution >= 4 is 53.0 Å². The summed E-state index contributed by atoms with van der Waals surface area (Å²) in [5.74, 6) is -4.14. The predicted octanol–water partition coefficient (Wildman–Crippen LogP) is 5.81. The highest BCUT2D eigenvalue weighted by Gasteiger charge is 2.30. The maximum Gasteiger partial charge on any atom is 0.408 e. The van der Waals surface area contributed by atoms with Gasteiger partial charge in [-0.25, -0.2) is 14.4 Å². The summed E-state index contributed by atoms with van der Waals surface area (Å²) < 4.78 is 16.4. The van der Waals surface area contributed by atoms with Crippen molar-refractivity contribution < 1.29 is 48.4 Å². The molecule has 0 aliphatic heterocycles. The van der Waals surface area contributed by atoms with Crippen molar-refractivity contribution in [3.05, 3.63) is 93.5 Å². The number of carbonyl (C=O) groups excluding carboxylic acids is 3. The Morgan fingerprint density at radius 1 is 0.774 bits per heavy atom. The zero-order valence-electron chi connectivity index (χ0n) is 29.9. The van der Waals surface area contributed by atoms with Crippen LogP contribution >= 0.6 is 23.2 Å². The molecule has 286 valence electrons. The molecule has 0 spiro atoms. The average Bonchev–Trinajstić information content (AvgIpc) is 3.08. The van der Waals surface area contributed by atoms with Crippen LogP contribution in [0.1, 0.15) is 63.6 Å². The molecule has 53 heavy (non-hydrogen) atoms. The third-order valence-electron chi connectivity index (χ3n) is 7.53. The smallest absolute Gasteiger partial charge is 0.408 e. The fraction of sp³-hybridized carbons (Fsp3) is 0.395. The van der Waals surface area contributed by atoms with Gasteiger partial charge in [0.25, 0.3) is 6.10 Å². The molecule has 3 aromatic carbocycles. The summed E-state index contributed by atoms with van der Waals surface area (Å²) in [5, 5.41) is 27.5. The van der Waals surface area contributed by atoms with Gasteiger partial charge in [0.2, 0.25) is 11.8 Å². The number of carbonyl (C=O) groups is 5. The van der Waals surface area contributed by atoms with E-state index in [1.807, 2.05) is 19.1 Å². The molecule has 3 rings (SSSR count). The Morgan fingerprint density at radius 3 is 2.00 bits per heavy atom. The van der Waals surface area contributed by atoms with Gasteiger partial charge in [-0.2, -0.15) is 0 Å². The van der Waals surface area contributed by atoms with Gasteiger partial charge >= 0.3 is 18.0 Å². The number of carboxylic acid groups (broad SMARTS) is 2. The molecule has 3 aromatic rings. The van der Waals surface area contributed by atoms with Crippen LogP contribution in [0, 0.1) is 0 Å². The number of nitrogens with one attached hydrogen (secondary N) is 3. The van der Waals surface area contributed by atoms with Crippen LogP contribution in [0.25, 0.3) is 0 Å². The number of alkyl carbamates (subject to hydrolysis) is 1. The lowest BCUT2D eigenvalue weighted by atomic mass is 10.0. The first-order valence-electron chi connectivity index (χ1n) is 17.0. The van der Waals surface area contributed by atoms with E-state index in [0.717, 1.165) is 30.4 Å². The number of hydrogen-bond donors (Lipinski definition) is 5. The van der Waals surface area contributed by atoms with Crippen molar-refractivity contribution in [2.45, 2.75) is 83.6 Å². The van der Waals surface area contributed by atoms with Crippen LogP contribution in [0.2, 0.25) is 10.0 Å². The Hall–Kier alpha value is -5.01. The van der Waals surface area contributed by atoms with Crippen molar-refractivity contribution in [3.63, 3.8) is 0 Å². The third-order valence-corrected chi connectivity index (χ3v) is 8.13. The van der Waals surface area contributed by atoms with Gasteiger partial charge in [0.15, 0.2) is 0 Å². The second kappa shape index (κ2) is 20.3. The molecule has 0 aromatic heterocycles. The molecule has 0 saturated heterocycles. The molecule has 2 atom stereocenters. The molecule has 0 aliphatic carbocycles. The lowest BCUT2D eigenvalue weighted by Crippen LogP contribution is -2.56. The molecule has 0 radical (unpaired) electrons. The largest absolute Gasteiger partial charge is 0.491 e. The Balaban J connectivity index is 1.78. The monoisotopic (exact) mass is 773 g/mol. The van der Waals surface area contributed by atoms with E-state index < -0.39 is 53.6 Å². The summed E-state index contributed by atoms with van der Waals surface area (Å²) in [6.45, 7) is 7.12. The summed E-state index contributed by atoms with van der Waals surface area (Å²) in [4.78, 5) is 62.4. The molecule has 13 nitrogen and oxygen atoms in total. The van der Waals surface area contributed by atoms with Crippen molar-refractivity contribution in [1.29, 1.82) is 0 Å². The standard InChI is InChI=1S/C38H45Cl2N3O10/c1-5-6-7-18-41-33(44)30(20-24-10-15-28(16-11-24)52-32(35(46)47)36(48)49)42-34(45)31(43-37(50)53-38(2,3)4)22-51-27-13-8-23(9-14-27)19-25-21-26(39)12-17-29(25)40/h8-17,21,30-32H,5-7,18-20,22H2,1-4H3,(H,41,44)(H,42,45)(H,43,50)(H,46,47)(H,48,49)/t30?,31-/m0/s1. The molecule has 3 amide bonds. The summed E-state index contributed by atoms with van der Waals surface area (Å²) >= 11 is 12.4. The van der Waals surface area contributed by atoms with Gasteiger partial charge in [0.05, 0.1) is 0 Å². The fourth-order valence-electron chi connectivity index (χ4n) is 4.89. The van der Waals surface area contributed by atoms with Gasteiger partial charge in [0.1, 0.15) is 35.8 Å². The summed E-state index contributed by atoms with van der Waals surface area (Å²) in [5.41, 5.74) is 1.46. The number of unbranched alkanes of at least 4 members (excludes halogenated alkanes) is 2. The SMILES string of the molecule is CCCCCNC(=O)C(Cc1ccc(OC(C(=O)O)C(=O)O)cc1)NC(=O)[C@H](COc1ccc(Cc2cc(Cl)ccc2Cl)cc1)NC(=O)OC(C)(C)C. The first-order chi connectivity index (χ1) is 25.0. The van der Waals surface area contributed by atoms with Gasteiger partial charge < -0.3 is 40.4 Å². The number of hydrogen-bond acceptors (Lipinski definition) is 8. The Labute approximate surface area is 318 Å².